The molecule has 0 radical (unpaired) electrons. The summed E-state index contributed by atoms with van der Waals surface area (Å²) in [6, 6.07) is 17.2. The summed E-state index contributed by atoms with van der Waals surface area (Å²) in [5.41, 5.74) is 1.22. The first-order valence-electron chi connectivity index (χ1n) is 8.45. The molecule has 1 N–H and O–H groups in total. The van der Waals surface area contributed by atoms with Crippen molar-refractivity contribution in [3.8, 4) is 0 Å². The lowest BCUT2D eigenvalue weighted by molar-refractivity contribution is -0.116. The highest BCUT2D eigenvalue weighted by molar-refractivity contribution is 7.98. The number of hydrogen-bond acceptors (Lipinski definition) is 4. The van der Waals surface area contributed by atoms with Gasteiger partial charge in [-0.3, -0.25) is 9.10 Å². The molecule has 138 valence electrons. The molecule has 3 aromatic rings. The number of sulfonamides is 1. The number of anilines is 2. The zero-order valence-electron chi connectivity index (χ0n) is 14.8. The Labute approximate surface area is 162 Å². The molecule has 27 heavy (non-hydrogen) atoms. The maximum Gasteiger partial charge on any atom is 0.265 e. The third-order valence-corrected chi connectivity index (χ3v) is 7.44. The molecule has 0 bridgehead atoms. The summed E-state index contributed by atoms with van der Waals surface area (Å²) in [6.07, 6.45) is 1.93. The van der Waals surface area contributed by atoms with Crippen LogP contribution in [-0.2, 0) is 14.8 Å². The first-order valence-corrected chi connectivity index (χ1v) is 11.1. The molecule has 0 aliphatic carbocycles. The maximum absolute atomic E-state index is 13.1. The van der Waals surface area contributed by atoms with Gasteiger partial charge in [-0.25, -0.2) is 8.42 Å². The standard InChI is InChI=1S/C20H18N2O3S2/c1-13(20(23)21-15-9-3-4-11-17(15)26-2)22-16-10-5-7-14-8-6-12-18(19(14)16)27(22,24)25/h3-13H,1-2H3,(H,21,23)/t13-/m0/s1. The summed E-state index contributed by atoms with van der Waals surface area (Å²) < 4.78 is 27.5. The number of para-hydroxylation sites is 1. The van der Waals surface area contributed by atoms with Crippen LogP contribution in [0.15, 0.2) is 70.5 Å². The van der Waals surface area contributed by atoms with Crippen LogP contribution in [0.4, 0.5) is 11.4 Å². The molecule has 7 heteroatoms. The molecule has 1 aliphatic rings. The van der Waals surface area contributed by atoms with Gasteiger partial charge in [0.15, 0.2) is 0 Å². The van der Waals surface area contributed by atoms with Crippen molar-refractivity contribution in [2.45, 2.75) is 22.8 Å². The van der Waals surface area contributed by atoms with Crippen molar-refractivity contribution >= 4 is 49.8 Å². The molecule has 1 amide bonds. The molecule has 3 aromatic carbocycles. The van der Waals surface area contributed by atoms with Crippen LogP contribution in [0.2, 0.25) is 0 Å². The van der Waals surface area contributed by atoms with Crippen LogP contribution in [0, 0.1) is 0 Å². The van der Waals surface area contributed by atoms with Crippen molar-refractivity contribution < 1.29 is 13.2 Å². The fourth-order valence-corrected chi connectivity index (χ4v) is 5.85. The van der Waals surface area contributed by atoms with Crippen molar-refractivity contribution in [2.24, 2.45) is 0 Å². The SMILES string of the molecule is CSc1ccccc1NC(=O)[C@H](C)N1c2cccc3cccc(c23)S1(=O)=O. The van der Waals surface area contributed by atoms with Gasteiger partial charge in [-0.2, -0.15) is 0 Å². The van der Waals surface area contributed by atoms with E-state index in [9.17, 15) is 13.2 Å². The quantitative estimate of drug-likeness (QED) is 0.672. The van der Waals surface area contributed by atoms with E-state index >= 15 is 0 Å². The summed E-state index contributed by atoms with van der Waals surface area (Å²) in [7, 11) is -3.78. The van der Waals surface area contributed by atoms with Crippen LogP contribution < -0.4 is 9.62 Å². The number of nitrogens with one attached hydrogen (secondary N) is 1. The Hall–Kier alpha value is -2.51. The maximum atomic E-state index is 13.1. The highest BCUT2D eigenvalue weighted by atomic mass is 32.2. The van der Waals surface area contributed by atoms with Crippen molar-refractivity contribution in [3.63, 3.8) is 0 Å². The van der Waals surface area contributed by atoms with Crippen LogP contribution in [0.3, 0.4) is 0 Å². The van der Waals surface area contributed by atoms with Gasteiger partial charge in [0.25, 0.3) is 10.0 Å². The fourth-order valence-electron chi connectivity index (χ4n) is 3.43. The Morgan fingerprint density at radius 2 is 1.74 bits per heavy atom. The summed E-state index contributed by atoms with van der Waals surface area (Å²) in [4.78, 5) is 14.1. The number of carbonyl (C=O) groups excluding carboxylic acids is 1. The second-order valence-corrected chi connectivity index (χ2v) is 8.93. The van der Waals surface area contributed by atoms with Gasteiger partial charge in [-0.05, 0) is 42.8 Å². The number of carbonyl (C=O) groups is 1. The lowest BCUT2D eigenvalue weighted by Gasteiger charge is -2.25. The van der Waals surface area contributed by atoms with Crippen molar-refractivity contribution in [1.29, 1.82) is 0 Å². The first-order chi connectivity index (χ1) is 12.9. The largest absolute Gasteiger partial charge is 0.323 e. The zero-order valence-corrected chi connectivity index (χ0v) is 16.5. The summed E-state index contributed by atoms with van der Waals surface area (Å²) >= 11 is 1.52. The predicted octanol–water partition coefficient (Wildman–Crippen LogP) is 4.10. The van der Waals surface area contributed by atoms with Gasteiger partial charge in [0.2, 0.25) is 5.91 Å². The molecule has 0 saturated heterocycles. The molecule has 0 aromatic heterocycles. The first kappa shape index (κ1) is 17.9. The Balaban J connectivity index is 1.73. The molecule has 0 unspecified atom stereocenters. The minimum absolute atomic E-state index is 0.250. The molecule has 4 rings (SSSR count). The van der Waals surface area contributed by atoms with Gasteiger partial charge < -0.3 is 5.32 Å². The van der Waals surface area contributed by atoms with E-state index in [2.05, 4.69) is 5.32 Å². The highest BCUT2D eigenvalue weighted by Crippen LogP contribution is 2.43. The molecular weight excluding hydrogens is 380 g/mol. The Bertz CT molecular complexity index is 1150. The number of hydrogen-bond donors (Lipinski definition) is 1. The number of thioether (sulfide) groups is 1. The average molecular weight is 399 g/mol. The van der Waals surface area contributed by atoms with Gasteiger partial charge >= 0.3 is 0 Å². The lowest BCUT2D eigenvalue weighted by Crippen LogP contribution is -2.44. The van der Waals surface area contributed by atoms with E-state index in [1.807, 2.05) is 48.7 Å². The molecule has 0 fully saturated rings. The number of nitrogens with zero attached hydrogens (tertiary/aromatic N) is 1. The van der Waals surface area contributed by atoms with Gasteiger partial charge in [0.05, 0.1) is 16.3 Å². The van der Waals surface area contributed by atoms with Crippen molar-refractivity contribution in [3.05, 3.63) is 60.7 Å². The Morgan fingerprint density at radius 3 is 2.48 bits per heavy atom. The second kappa shape index (κ2) is 6.58. The molecule has 0 spiro atoms. The van der Waals surface area contributed by atoms with Gasteiger partial charge in [-0.15, -0.1) is 11.8 Å². The fraction of sp³-hybridized carbons (Fsp3) is 0.150. The molecular formula is C20H18N2O3S2. The van der Waals surface area contributed by atoms with Gasteiger partial charge in [0.1, 0.15) is 6.04 Å². The van der Waals surface area contributed by atoms with Crippen LogP contribution in [-0.4, -0.2) is 26.6 Å². The molecule has 1 atom stereocenters. The van der Waals surface area contributed by atoms with Crippen molar-refractivity contribution in [2.75, 3.05) is 15.9 Å². The summed E-state index contributed by atoms with van der Waals surface area (Å²) in [6.45, 7) is 1.61. The van der Waals surface area contributed by atoms with Crippen LogP contribution >= 0.6 is 11.8 Å². The molecule has 1 heterocycles. The molecule has 0 saturated carbocycles. The monoisotopic (exact) mass is 398 g/mol. The zero-order chi connectivity index (χ0) is 19.2. The Morgan fingerprint density at radius 1 is 1.04 bits per heavy atom. The highest BCUT2D eigenvalue weighted by Gasteiger charge is 2.40. The lowest BCUT2D eigenvalue weighted by atomic mass is 10.1. The summed E-state index contributed by atoms with van der Waals surface area (Å²) in [5, 5.41) is 4.38. The minimum Gasteiger partial charge on any atom is -0.323 e. The van der Waals surface area contributed by atoms with E-state index in [0.29, 0.717) is 16.8 Å². The van der Waals surface area contributed by atoms with Gasteiger partial charge in [-0.1, -0.05) is 36.4 Å². The minimum atomic E-state index is -3.78. The smallest absolute Gasteiger partial charge is 0.265 e. The Kier molecular flexibility index (Phi) is 4.36. The van der Waals surface area contributed by atoms with E-state index in [4.69, 9.17) is 0 Å². The predicted molar refractivity (Wildman–Crippen MR) is 110 cm³/mol. The third kappa shape index (κ3) is 2.78. The van der Waals surface area contributed by atoms with Crippen LogP contribution in [0.5, 0.6) is 0 Å². The average Bonchev–Trinajstić information content (AvgIpc) is 2.90. The third-order valence-electron chi connectivity index (χ3n) is 4.71. The second-order valence-electron chi connectivity index (χ2n) is 6.30. The topological polar surface area (TPSA) is 66.5 Å². The van der Waals surface area contributed by atoms with Crippen LogP contribution in [0.1, 0.15) is 6.92 Å². The summed E-state index contributed by atoms with van der Waals surface area (Å²) in [5.74, 6) is -0.370. The van der Waals surface area contributed by atoms with Crippen LogP contribution in [0.25, 0.3) is 10.8 Å². The molecule has 5 nitrogen and oxygen atoms in total. The molecule has 1 aliphatic heterocycles. The number of rotatable bonds is 4. The van der Waals surface area contributed by atoms with E-state index in [1.54, 1.807) is 25.1 Å². The number of benzene rings is 3. The number of amides is 1. The van der Waals surface area contributed by atoms with E-state index < -0.39 is 16.1 Å². The van der Waals surface area contributed by atoms with Crippen molar-refractivity contribution in [1.82, 2.24) is 0 Å². The normalized spacial score (nSPS) is 15.7. The van der Waals surface area contributed by atoms with E-state index in [-0.39, 0.29) is 10.8 Å². The van der Waals surface area contributed by atoms with E-state index in [1.165, 1.54) is 16.1 Å². The van der Waals surface area contributed by atoms with E-state index in [0.717, 1.165) is 10.3 Å². The van der Waals surface area contributed by atoms with Gasteiger partial charge in [0, 0.05) is 10.3 Å².